The quantitative estimate of drug-likeness (QED) is 0.734. The lowest BCUT2D eigenvalue weighted by molar-refractivity contribution is 0.0952. The van der Waals surface area contributed by atoms with Crippen LogP contribution in [0.25, 0.3) is 5.65 Å². The largest absolute Gasteiger partial charge is 0.348 e. The Morgan fingerprint density at radius 2 is 2.12 bits per heavy atom. The Hall–Kier alpha value is -2.93. The van der Waals surface area contributed by atoms with Gasteiger partial charge in [0.15, 0.2) is 5.65 Å². The van der Waals surface area contributed by atoms with E-state index in [0.29, 0.717) is 24.3 Å². The van der Waals surface area contributed by atoms with Crippen molar-refractivity contribution >= 4 is 11.6 Å². The summed E-state index contributed by atoms with van der Waals surface area (Å²) in [5.74, 6) is -0.234. The third-order valence-electron chi connectivity index (χ3n) is 4.65. The number of aromatic nitrogens is 3. The second kappa shape index (κ2) is 6.18. The number of amides is 1. The number of rotatable bonds is 3. The minimum absolute atomic E-state index is 0.155. The Bertz CT molecular complexity index is 1000. The fourth-order valence-electron chi connectivity index (χ4n) is 3.34. The van der Waals surface area contributed by atoms with Crippen LogP contribution in [0.1, 0.15) is 27.2 Å². The van der Waals surface area contributed by atoms with Crippen molar-refractivity contribution in [1.29, 1.82) is 0 Å². The van der Waals surface area contributed by atoms with Crippen molar-refractivity contribution < 1.29 is 4.79 Å². The molecule has 0 saturated heterocycles. The van der Waals surface area contributed by atoms with Gasteiger partial charge in [0.25, 0.3) is 11.5 Å². The fourth-order valence-corrected chi connectivity index (χ4v) is 3.34. The van der Waals surface area contributed by atoms with Gasteiger partial charge in [0.2, 0.25) is 0 Å². The summed E-state index contributed by atoms with van der Waals surface area (Å²) in [7, 11) is 1.88. The average Bonchev–Trinajstić information content (AvgIpc) is 3.11. The number of fused-ring (bicyclic) bond motifs is 2. The van der Waals surface area contributed by atoms with E-state index in [2.05, 4.69) is 15.7 Å². The molecule has 3 heterocycles. The van der Waals surface area contributed by atoms with E-state index in [0.717, 1.165) is 29.8 Å². The predicted octanol–water partition coefficient (Wildman–Crippen LogP) is 0.609. The minimum Gasteiger partial charge on any atom is -0.348 e. The van der Waals surface area contributed by atoms with E-state index in [1.807, 2.05) is 41.9 Å². The van der Waals surface area contributed by atoms with Gasteiger partial charge in [-0.3, -0.25) is 9.59 Å². The Balaban J connectivity index is 1.72. The van der Waals surface area contributed by atoms with Gasteiger partial charge in [-0.25, -0.2) is 0 Å². The number of carbonyl (C=O) groups is 1. The monoisotopic (exact) mass is 337 g/mol. The van der Waals surface area contributed by atoms with Crippen LogP contribution in [-0.4, -0.2) is 26.6 Å². The van der Waals surface area contributed by atoms with Gasteiger partial charge in [0.05, 0.1) is 11.8 Å². The maximum Gasteiger partial charge on any atom is 0.279 e. The Kier molecular flexibility index (Phi) is 3.85. The van der Waals surface area contributed by atoms with Gasteiger partial charge in [0, 0.05) is 38.8 Å². The van der Waals surface area contributed by atoms with Gasteiger partial charge < -0.3 is 15.2 Å². The molecular weight excluding hydrogens is 318 g/mol. The molecule has 0 fully saturated rings. The van der Waals surface area contributed by atoms with Crippen LogP contribution >= 0.6 is 0 Å². The Morgan fingerprint density at radius 1 is 1.32 bits per heavy atom. The highest BCUT2D eigenvalue weighted by Crippen LogP contribution is 2.16. The lowest BCUT2D eigenvalue weighted by atomic mass is 10.1. The van der Waals surface area contributed by atoms with Crippen LogP contribution in [0.2, 0.25) is 0 Å². The molecule has 7 heteroatoms. The molecule has 0 spiro atoms. The van der Waals surface area contributed by atoms with Gasteiger partial charge in [0.1, 0.15) is 5.56 Å². The lowest BCUT2D eigenvalue weighted by Crippen LogP contribution is -2.35. The smallest absolute Gasteiger partial charge is 0.279 e. The molecule has 1 aromatic carbocycles. The molecule has 2 N–H and O–H groups in total. The normalized spacial score (nSPS) is 13.6. The van der Waals surface area contributed by atoms with Gasteiger partial charge in [-0.2, -0.15) is 9.61 Å². The Morgan fingerprint density at radius 3 is 2.92 bits per heavy atom. The molecule has 0 saturated carbocycles. The molecule has 3 aromatic rings. The van der Waals surface area contributed by atoms with Gasteiger partial charge in [-0.05, 0) is 5.56 Å². The molecule has 4 rings (SSSR count). The molecule has 25 heavy (non-hydrogen) atoms. The highest BCUT2D eigenvalue weighted by molar-refractivity contribution is 5.99. The summed E-state index contributed by atoms with van der Waals surface area (Å²) >= 11 is 0. The first-order valence-electron chi connectivity index (χ1n) is 8.28. The summed E-state index contributed by atoms with van der Waals surface area (Å²) in [5.41, 5.74) is 3.50. The number of hydrogen-bond donors (Lipinski definition) is 2. The number of carbonyl (C=O) groups excluding carboxylic acids is 1. The van der Waals surface area contributed by atoms with Crippen LogP contribution in [0.3, 0.4) is 0 Å². The summed E-state index contributed by atoms with van der Waals surface area (Å²) in [4.78, 5) is 25.3. The van der Waals surface area contributed by atoms with E-state index in [4.69, 9.17) is 0 Å². The summed E-state index contributed by atoms with van der Waals surface area (Å²) in [6, 6.07) is 9.71. The molecule has 0 aliphatic carbocycles. The minimum atomic E-state index is -0.234. The highest BCUT2D eigenvalue weighted by atomic mass is 16.2. The zero-order valence-electron chi connectivity index (χ0n) is 14.0. The zero-order chi connectivity index (χ0) is 17.4. The second-order valence-electron chi connectivity index (χ2n) is 6.18. The maximum atomic E-state index is 12.7. The van der Waals surface area contributed by atoms with Crippen LogP contribution < -0.4 is 16.2 Å². The fraction of sp³-hybridized carbons (Fsp3) is 0.278. The number of hydrogen-bond acceptors (Lipinski definition) is 4. The van der Waals surface area contributed by atoms with Gasteiger partial charge in [-0.1, -0.05) is 30.3 Å². The van der Waals surface area contributed by atoms with E-state index < -0.39 is 0 Å². The van der Waals surface area contributed by atoms with Crippen molar-refractivity contribution in [3.8, 4) is 0 Å². The highest BCUT2D eigenvalue weighted by Gasteiger charge is 2.23. The first kappa shape index (κ1) is 15.6. The molecule has 0 bridgehead atoms. The molecule has 1 amide bonds. The van der Waals surface area contributed by atoms with Crippen molar-refractivity contribution in [2.75, 3.05) is 6.54 Å². The van der Waals surface area contributed by atoms with Gasteiger partial charge >= 0.3 is 0 Å². The third-order valence-corrected chi connectivity index (χ3v) is 4.65. The summed E-state index contributed by atoms with van der Waals surface area (Å²) in [6.07, 6.45) is 2.23. The van der Waals surface area contributed by atoms with Crippen LogP contribution in [0.4, 0.5) is 0 Å². The molecule has 7 nitrogen and oxygen atoms in total. The van der Waals surface area contributed by atoms with Crippen molar-refractivity contribution in [1.82, 2.24) is 24.8 Å². The molecule has 0 unspecified atom stereocenters. The number of nitrogens with one attached hydrogen (secondary N) is 2. The van der Waals surface area contributed by atoms with E-state index in [-0.39, 0.29) is 11.5 Å². The van der Waals surface area contributed by atoms with Crippen molar-refractivity contribution in [2.45, 2.75) is 19.5 Å². The lowest BCUT2D eigenvalue weighted by Gasteiger charge is -2.20. The maximum absolute atomic E-state index is 12.7. The molecular formula is C18H19N5O2. The topological polar surface area (TPSA) is 80.4 Å². The summed E-state index contributed by atoms with van der Waals surface area (Å²) in [5, 5.41) is 10.3. The zero-order valence-corrected chi connectivity index (χ0v) is 14.0. The summed E-state index contributed by atoms with van der Waals surface area (Å²) < 4.78 is 3.24. The third kappa shape index (κ3) is 2.62. The second-order valence-corrected chi connectivity index (χ2v) is 6.18. The SMILES string of the molecule is Cn1c2c(c(=O)n3ncc(C(=O)NCc4ccccc4)c13)CNCC2. The standard InChI is InChI=1S/C18H19N5O2/c1-22-15-7-8-19-10-13(15)18(25)23-17(22)14(11-21-23)16(24)20-9-12-5-3-2-4-6-12/h2-6,11,19H,7-10H2,1H3,(H,20,24). The van der Waals surface area contributed by atoms with Crippen LogP contribution in [0.15, 0.2) is 41.3 Å². The Labute approximate surface area is 144 Å². The number of aryl methyl sites for hydroxylation is 1. The van der Waals surface area contributed by atoms with Crippen LogP contribution in [-0.2, 0) is 26.6 Å². The van der Waals surface area contributed by atoms with E-state index in [1.165, 1.54) is 10.7 Å². The van der Waals surface area contributed by atoms with Gasteiger partial charge in [-0.15, -0.1) is 0 Å². The molecule has 128 valence electrons. The predicted molar refractivity (Wildman–Crippen MR) is 93.5 cm³/mol. The average molecular weight is 337 g/mol. The first-order chi connectivity index (χ1) is 12.2. The first-order valence-corrected chi connectivity index (χ1v) is 8.28. The summed E-state index contributed by atoms with van der Waals surface area (Å²) in [6.45, 7) is 1.79. The molecule has 0 radical (unpaired) electrons. The number of benzene rings is 1. The van der Waals surface area contributed by atoms with Crippen LogP contribution in [0, 0.1) is 0 Å². The molecule has 1 aliphatic rings. The van der Waals surface area contributed by atoms with Crippen LogP contribution in [0.5, 0.6) is 0 Å². The molecule has 1 aliphatic heterocycles. The van der Waals surface area contributed by atoms with Crippen molar-refractivity contribution in [2.24, 2.45) is 7.05 Å². The molecule has 0 atom stereocenters. The van der Waals surface area contributed by atoms with E-state index >= 15 is 0 Å². The van der Waals surface area contributed by atoms with E-state index in [1.54, 1.807) is 0 Å². The van der Waals surface area contributed by atoms with Crippen molar-refractivity contribution in [3.63, 3.8) is 0 Å². The van der Waals surface area contributed by atoms with E-state index in [9.17, 15) is 9.59 Å². The number of nitrogens with zero attached hydrogens (tertiary/aromatic N) is 3. The molecule has 2 aromatic heterocycles. The van der Waals surface area contributed by atoms with Crippen molar-refractivity contribution in [3.05, 3.63) is 69.3 Å².